The van der Waals surface area contributed by atoms with Crippen molar-refractivity contribution in [2.75, 3.05) is 0 Å². The smallest absolute Gasteiger partial charge is 0.237 e. The maximum absolute atomic E-state index is 11.9. The maximum Gasteiger partial charge on any atom is 0.237 e. The van der Waals surface area contributed by atoms with E-state index in [0.29, 0.717) is 6.54 Å². The fraction of sp³-hybridized carbons (Fsp3) is 0.692. The predicted molar refractivity (Wildman–Crippen MR) is 72.0 cm³/mol. The molecule has 2 atom stereocenters. The van der Waals surface area contributed by atoms with Gasteiger partial charge in [0.1, 0.15) is 0 Å². The van der Waals surface area contributed by atoms with Crippen molar-refractivity contribution in [3.05, 3.63) is 18.0 Å². The Bertz CT molecular complexity index is 375. The third kappa shape index (κ3) is 4.87. The van der Waals surface area contributed by atoms with Crippen LogP contribution in [0.1, 0.15) is 39.3 Å². The number of nitrogens with one attached hydrogen (secondary N) is 2. The molecule has 0 aliphatic heterocycles. The first-order valence-corrected chi connectivity index (χ1v) is 6.55. The summed E-state index contributed by atoms with van der Waals surface area (Å²) in [5.74, 6) is 0.0480. The molecule has 0 saturated carbocycles. The van der Waals surface area contributed by atoms with Crippen LogP contribution in [0.5, 0.6) is 0 Å². The van der Waals surface area contributed by atoms with E-state index < -0.39 is 0 Å². The second kappa shape index (κ2) is 7.16. The molecule has 0 aromatic carbocycles. The third-order valence-corrected chi connectivity index (χ3v) is 2.86. The van der Waals surface area contributed by atoms with Gasteiger partial charge in [-0.25, -0.2) is 0 Å². The van der Waals surface area contributed by atoms with Crippen LogP contribution in [0.4, 0.5) is 0 Å². The van der Waals surface area contributed by atoms with E-state index in [1.165, 1.54) is 0 Å². The highest BCUT2D eigenvalue weighted by atomic mass is 16.2. The lowest BCUT2D eigenvalue weighted by Crippen LogP contribution is -2.45. The second-order valence-corrected chi connectivity index (χ2v) is 4.78. The fourth-order valence-corrected chi connectivity index (χ4v) is 1.78. The van der Waals surface area contributed by atoms with Crippen molar-refractivity contribution in [2.24, 2.45) is 7.05 Å². The topological polar surface area (TPSA) is 59.0 Å². The third-order valence-electron chi connectivity index (χ3n) is 2.86. The van der Waals surface area contributed by atoms with E-state index in [4.69, 9.17) is 0 Å². The molecule has 0 fully saturated rings. The summed E-state index contributed by atoms with van der Waals surface area (Å²) in [7, 11) is 1.88. The van der Waals surface area contributed by atoms with Crippen molar-refractivity contribution >= 4 is 5.91 Å². The standard InChI is InChI=1S/C13H24N4O/c1-5-6-10(2)15-13(18)11(3)14-9-12-7-8-17(4)16-12/h7-8,10-11,14H,5-6,9H2,1-4H3,(H,15,18). The van der Waals surface area contributed by atoms with Crippen LogP contribution in [0.15, 0.2) is 12.3 Å². The van der Waals surface area contributed by atoms with Crippen LogP contribution in [-0.4, -0.2) is 27.8 Å². The Kier molecular flexibility index (Phi) is 5.85. The molecule has 1 amide bonds. The number of aromatic nitrogens is 2. The van der Waals surface area contributed by atoms with E-state index >= 15 is 0 Å². The van der Waals surface area contributed by atoms with Gasteiger partial charge in [0, 0.05) is 25.8 Å². The molecule has 1 rings (SSSR count). The van der Waals surface area contributed by atoms with Crippen LogP contribution >= 0.6 is 0 Å². The Morgan fingerprint density at radius 2 is 2.22 bits per heavy atom. The van der Waals surface area contributed by atoms with Gasteiger partial charge in [-0.1, -0.05) is 13.3 Å². The summed E-state index contributed by atoms with van der Waals surface area (Å²) in [6, 6.07) is 1.98. The van der Waals surface area contributed by atoms with Crippen LogP contribution in [0.25, 0.3) is 0 Å². The number of rotatable bonds is 7. The van der Waals surface area contributed by atoms with Gasteiger partial charge in [0.25, 0.3) is 0 Å². The number of carbonyl (C=O) groups excluding carboxylic acids is 1. The van der Waals surface area contributed by atoms with Crippen molar-refractivity contribution in [1.82, 2.24) is 20.4 Å². The fourth-order valence-electron chi connectivity index (χ4n) is 1.78. The van der Waals surface area contributed by atoms with Gasteiger partial charge >= 0.3 is 0 Å². The quantitative estimate of drug-likeness (QED) is 0.766. The average molecular weight is 252 g/mol. The van der Waals surface area contributed by atoms with E-state index in [1.54, 1.807) is 4.68 Å². The average Bonchev–Trinajstić information content (AvgIpc) is 2.72. The minimum absolute atomic E-state index is 0.0480. The van der Waals surface area contributed by atoms with Gasteiger partial charge in [0.15, 0.2) is 0 Å². The highest BCUT2D eigenvalue weighted by Crippen LogP contribution is 1.97. The minimum Gasteiger partial charge on any atom is -0.352 e. The van der Waals surface area contributed by atoms with Crippen LogP contribution < -0.4 is 10.6 Å². The molecule has 0 aliphatic carbocycles. The summed E-state index contributed by atoms with van der Waals surface area (Å²) < 4.78 is 1.76. The summed E-state index contributed by atoms with van der Waals surface area (Å²) in [6.07, 6.45) is 3.99. The van der Waals surface area contributed by atoms with Gasteiger partial charge in [-0.2, -0.15) is 5.10 Å². The van der Waals surface area contributed by atoms with Gasteiger partial charge in [-0.15, -0.1) is 0 Å². The molecule has 1 aromatic heterocycles. The first-order valence-electron chi connectivity index (χ1n) is 6.55. The Hall–Kier alpha value is -1.36. The molecule has 102 valence electrons. The molecule has 18 heavy (non-hydrogen) atoms. The van der Waals surface area contributed by atoms with Crippen molar-refractivity contribution in [3.63, 3.8) is 0 Å². The SMILES string of the molecule is CCCC(C)NC(=O)C(C)NCc1ccn(C)n1. The number of carbonyl (C=O) groups is 1. The van der Waals surface area contributed by atoms with Crippen molar-refractivity contribution < 1.29 is 4.79 Å². The summed E-state index contributed by atoms with van der Waals surface area (Å²) >= 11 is 0. The molecule has 1 aromatic rings. The molecule has 5 heteroatoms. The van der Waals surface area contributed by atoms with Gasteiger partial charge in [0.05, 0.1) is 11.7 Å². The number of nitrogens with zero attached hydrogens (tertiary/aromatic N) is 2. The zero-order chi connectivity index (χ0) is 13.5. The Morgan fingerprint density at radius 1 is 1.50 bits per heavy atom. The van der Waals surface area contributed by atoms with Gasteiger partial charge in [-0.05, 0) is 26.3 Å². The van der Waals surface area contributed by atoms with Gasteiger partial charge < -0.3 is 10.6 Å². The molecular weight excluding hydrogens is 228 g/mol. The first-order chi connectivity index (χ1) is 8.52. The zero-order valence-corrected chi connectivity index (χ0v) is 11.7. The molecule has 0 spiro atoms. The normalized spacial score (nSPS) is 14.2. The van der Waals surface area contributed by atoms with E-state index in [9.17, 15) is 4.79 Å². The molecular formula is C13H24N4O. The maximum atomic E-state index is 11.9. The number of aryl methyl sites for hydroxylation is 1. The van der Waals surface area contributed by atoms with Crippen LogP contribution in [0, 0.1) is 0 Å². The molecule has 2 unspecified atom stereocenters. The zero-order valence-electron chi connectivity index (χ0n) is 11.7. The second-order valence-electron chi connectivity index (χ2n) is 4.78. The van der Waals surface area contributed by atoms with Crippen molar-refractivity contribution in [1.29, 1.82) is 0 Å². The summed E-state index contributed by atoms with van der Waals surface area (Å²) in [5, 5.41) is 10.4. The lowest BCUT2D eigenvalue weighted by Gasteiger charge is -2.17. The predicted octanol–water partition coefficient (Wildman–Crippen LogP) is 1.20. The summed E-state index contributed by atoms with van der Waals surface area (Å²) in [6.45, 7) is 6.63. The molecule has 0 bridgehead atoms. The lowest BCUT2D eigenvalue weighted by molar-refractivity contribution is -0.123. The summed E-state index contributed by atoms with van der Waals surface area (Å²) in [5.41, 5.74) is 0.943. The first kappa shape index (κ1) is 14.7. The van der Waals surface area contributed by atoms with E-state index in [1.807, 2.05) is 33.2 Å². The van der Waals surface area contributed by atoms with Crippen LogP contribution in [0.3, 0.4) is 0 Å². The van der Waals surface area contributed by atoms with E-state index in [-0.39, 0.29) is 18.0 Å². The number of amides is 1. The number of hydrogen-bond acceptors (Lipinski definition) is 3. The van der Waals surface area contributed by atoms with Gasteiger partial charge in [-0.3, -0.25) is 9.48 Å². The minimum atomic E-state index is -0.202. The van der Waals surface area contributed by atoms with Crippen LogP contribution in [0.2, 0.25) is 0 Å². The number of hydrogen-bond donors (Lipinski definition) is 2. The molecule has 0 radical (unpaired) electrons. The highest BCUT2D eigenvalue weighted by Gasteiger charge is 2.14. The van der Waals surface area contributed by atoms with Gasteiger partial charge in [0.2, 0.25) is 5.91 Å². The molecule has 5 nitrogen and oxygen atoms in total. The van der Waals surface area contributed by atoms with Crippen molar-refractivity contribution in [2.45, 2.75) is 52.2 Å². The van der Waals surface area contributed by atoms with Crippen molar-refractivity contribution in [3.8, 4) is 0 Å². The molecule has 1 heterocycles. The largest absolute Gasteiger partial charge is 0.352 e. The lowest BCUT2D eigenvalue weighted by atomic mass is 10.2. The molecule has 0 aliphatic rings. The molecule has 2 N–H and O–H groups in total. The molecule has 0 saturated heterocycles. The van der Waals surface area contributed by atoms with Crippen LogP contribution in [-0.2, 0) is 18.4 Å². The Morgan fingerprint density at radius 3 is 2.78 bits per heavy atom. The highest BCUT2D eigenvalue weighted by molar-refractivity contribution is 5.81. The van der Waals surface area contributed by atoms with E-state index in [0.717, 1.165) is 18.5 Å². The Labute approximate surface area is 109 Å². The monoisotopic (exact) mass is 252 g/mol. The van der Waals surface area contributed by atoms with E-state index in [2.05, 4.69) is 22.7 Å². The Balaban J connectivity index is 2.31. The summed E-state index contributed by atoms with van der Waals surface area (Å²) in [4.78, 5) is 11.9.